The minimum Gasteiger partial charge on any atom is -0.398 e. The Morgan fingerprint density at radius 2 is 2.17 bits per heavy atom. The third-order valence-electron chi connectivity index (χ3n) is 2.52. The predicted octanol–water partition coefficient (Wildman–Crippen LogP) is 2.88. The third-order valence-corrected chi connectivity index (χ3v) is 2.75. The molecule has 0 aliphatic rings. The second-order valence-electron chi connectivity index (χ2n) is 3.82. The summed E-state index contributed by atoms with van der Waals surface area (Å²) in [5.41, 5.74) is 7.88. The predicted molar refractivity (Wildman–Crippen MR) is 72.8 cm³/mol. The summed E-state index contributed by atoms with van der Waals surface area (Å²) >= 11 is 5.85. The molecule has 0 aliphatic heterocycles. The summed E-state index contributed by atoms with van der Waals surface area (Å²) in [4.78, 5) is 16.2. The van der Waals surface area contributed by atoms with Gasteiger partial charge in [-0.2, -0.15) is 0 Å². The zero-order valence-corrected chi connectivity index (χ0v) is 10.5. The Labute approximate surface area is 110 Å². The van der Waals surface area contributed by atoms with Crippen molar-refractivity contribution in [1.82, 2.24) is 4.98 Å². The Morgan fingerprint density at radius 3 is 2.89 bits per heavy atom. The molecule has 0 spiro atoms. The summed E-state index contributed by atoms with van der Waals surface area (Å²) < 4.78 is 0. The van der Waals surface area contributed by atoms with Crippen LogP contribution in [0.4, 0.5) is 11.4 Å². The topological polar surface area (TPSA) is 68.0 Å². The molecule has 5 heteroatoms. The fraction of sp³-hybridized carbons (Fsp3) is 0.0769. The first-order chi connectivity index (χ1) is 8.58. The number of hydrogen-bond donors (Lipinski definition) is 2. The Morgan fingerprint density at radius 1 is 1.39 bits per heavy atom. The first kappa shape index (κ1) is 12.4. The van der Waals surface area contributed by atoms with Crippen LogP contribution in [0.2, 0.25) is 5.02 Å². The van der Waals surface area contributed by atoms with Crippen LogP contribution in [0, 0.1) is 6.92 Å². The van der Waals surface area contributed by atoms with Crippen molar-refractivity contribution in [2.75, 3.05) is 11.1 Å². The van der Waals surface area contributed by atoms with Crippen LogP contribution < -0.4 is 11.1 Å². The van der Waals surface area contributed by atoms with Crippen molar-refractivity contribution in [2.24, 2.45) is 0 Å². The molecule has 1 aromatic heterocycles. The third kappa shape index (κ3) is 2.60. The molecule has 2 rings (SSSR count). The lowest BCUT2D eigenvalue weighted by Crippen LogP contribution is -2.15. The SMILES string of the molecule is Cc1ncccc1NC(=O)c1cc(Cl)ccc1N. The van der Waals surface area contributed by atoms with Gasteiger partial charge in [-0.05, 0) is 37.3 Å². The number of anilines is 2. The highest BCUT2D eigenvalue weighted by molar-refractivity contribution is 6.31. The zero-order chi connectivity index (χ0) is 13.1. The van der Waals surface area contributed by atoms with Gasteiger partial charge in [0.15, 0.2) is 0 Å². The van der Waals surface area contributed by atoms with Gasteiger partial charge in [0.25, 0.3) is 5.91 Å². The van der Waals surface area contributed by atoms with Crippen molar-refractivity contribution in [1.29, 1.82) is 0 Å². The van der Waals surface area contributed by atoms with Gasteiger partial charge in [-0.3, -0.25) is 9.78 Å². The zero-order valence-electron chi connectivity index (χ0n) is 9.77. The molecule has 1 heterocycles. The van der Waals surface area contributed by atoms with E-state index in [-0.39, 0.29) is 5.91 Å². The summed E-state index contributed by atoms with van der Waals surface area (Å²) in [6, 6.07) is 8.32. The summed E-state index contributed by atoms with van der Waals surface area (Å²) in [5.74, 6) is -0.300. The van der Waals surface area contributed by atoms with E-state index in [0.29, 0.717) is 22.0 Å². The maximum atomic E-state index is 12.1. The molecule has 3 N–H and O–H groups in total. The molecule has 0 saturated carbocycles. The van der Waals surface area contributed by atoms with Gasteiger partial charge in [0.05, 0.1) is 16.9 Å². The van der Waals surface area contributed by atoms with E-state index in [1.807, 2.05) is 6.92 Å². The summed E-state index contributed by atoms with van der Waals surface area (Å²) in [5, 5.41) is 3.22. The van der Waals surface area contributed by atoms with E-state index < -0.39 is 0 Å². The van der Waals surface area contributed by atoms with Crippen molar-refractivity contribution >= 4 is 28.9 Å². The van der Waals surface area contributed by atoms with Crippen LogP contribution in [-0.2, 0) is 0 Å². The number of nitrogen functional groups attached to an aromatic ring is 1. The Kier molecular flexibility index (Phi) is 3.48. The van der Waals surface area contributed by atoms with Crippen molar-refractivity contribution in [3.63, 3.8) is 0 Å². The lowest BCUT2D eigenvalue weighted by molar-refractivity contribution is 0.102. The number of nitrogens with one attached hydrogen (secondary N) is 1. The van der Waals surface area contributed by atoms with E-state index in [0.717, 1.165) is 5.69 Å². The number of halogens is 1. The highest BCUT2D eigenvalue weighted by Crippen LogP contribution is 2.20. The molecule has 0 saturated heterocycles. The monoisotopic (exact) mass is 261 g/mol. The number of amides is 1. The van der Waals surface area contributed by atoms with E-state index in [4.69, 9.17) is 17.3 Å². The number of pyridine rings is 1. The maximum absolute atomic E-state index is 12.1. The lowest BCUT2D eigenvalue weighted by atomic mass is 10.1. The maximum Gasteiger partial charge on any atom is 0.257 e. The van der Waals surface area contributed by atoms with Crippen molar-refractivity contribution < 1.29 is 4.79 Å². The molecular formula is C13H12ClN3O. The van der Waals surface area contributed by atoms with Crippen LogP contribution in [0.1, 0.15) is 16.1 Å². The number of nitrogens with two attached hydrogens (primary N) is 1. The Hall–Kier alpha value is -2.07. The number of carbonyl (C=O) groups excluding carboxylic acids is 1. The fourth-order valence-corrected chi connectivity index (χ4v) is 1.70. The molecule has 1 aromatic carbocycles. The smallest absolute Gasteiger partial charge is 0.257 e. The first-order valence-electron chi connectivity index (χ1n) is 5.36. The van der Waals surface area contributed by atoms with Crippen LogP contribution in [-0.4, -0.2) is 10.9 Å². The van der Waals surface area contributed by atoms with Crippen molar-refractivity contribution in [3.05, 3.63) is 52.8 Å². The number of aromatic nitrogens is 1. The number of hydrogen-bond acceptors (Lipinski definition) is 3. The van der Waals surface area contributed by atoms with Gasteiger partial charge in [-0.25, -0.2) is 0 Å². The van der Waals surface area contributed by atoms with Gasteiger partial charge < -0.3 is 11.1 Å². The van der Waals surface area contributed by atoms with Crippen LogP contribution in [0.5, 0.6) is 0 Å². The Balaban J connectivity index is 2.28. The minimum atomic E-state index is -0.300. The first-order valence-corrected chi connectivity index (χ1v) is 5.73. The average Bonchev–Trinajstić information content (AvgIpc) is 2.35. The van der Waals surface area contributed by atoms with Gasteiger partial charge in [-0.15, -0.1) is 0 Å². The largest absolute Gasteiger partial charge is 0.398 e. The summed E-state index contributed by atoms with van der Waals surface area (Å²) in [6.07, 6.45) is 1.67. The number of benzene rings is 1. The summed E-state index contributed by atoms with van der Waals surface area (Å²) in [7, 11) is 0. The highest BCUT2D eigenvalue weighted by Gasteiger charge is 2.11. The average molecular weight is 262 g/mol. The fourth-order valence-electron chi connectivity index (χ4n) is 1.53. The number of rotatable bonds is 2. The standard InChI is InChI=1S/C13H12ClN3O/c1-8-12(3-2-6-16-8)17-13(18)10-7-9(14)4-5-11(10)15/h2-7H,15H2,1H3,(H,17,18). The molecule has 0 unspecified atom stereocenters. The molecular weight excluding hydrogens is 250 g/mol. The quantitative estimate of drug-likeness (QED) is 0.817. The van der Waals surface area contributed by atoms with Gasteiger partial charge in [-0.1, -0.05) is 11.6 Å². The van der Waals surface area contributed by atoms with E-state index in [1.54, 1.807) is 30.5 Å². The van der Waals surface area contributed by atoms with Gasteiger partial charge in [0.2, 0.25) is 0 Å². The lowest BCUT2D eigenvalue weighted by Gasteiger charge is -2.09. The number of nitrogens with zero attached hydrogens (tertiary/aromatic N) is 1. The molecule has 1 amide bonds. The molecule has 18 heavy (non-hydrogen) atoms. The van der Waals surface area contributed by atoms with E-state index in [9.17, 15) is 4.79 Å². The van der Waals surface area contributed by atoms with Crippen LogP contribution in [0.3, 0.4) is 0 Å². The number of carbonyl (C=O) groups is 1. The second kappa shape index (κ2) is 5.06. The van der Waals surface area contributed by atoms with Gasteiger partial charge >= 0.3 is 0 Å². The molecule has 0 aliphatic carbocycles. The molecule has 4 nitrogen and oxygen atoms in total. The van der Waals surface area contributed by atoms with E-state index >= 15 is 0 Å². The van der Waals surface area contributed by atoms with Crippen LogP contribution in [0.25, 0.3) is 0 Å². The number of aryl methyl sites for hydroxylation is 1. The molecule has 2 aromatic rings. The minimum absolute atomic E-state index is 0.300. The van der Waals surface area contributed by atoms with E-state index in [1.165, 1.54) is 6.07 Å². The Bertz CT molecular complexity index is 599. The van der Waals surface area contributed by atoms with Crippen LogP contribution >= 0.6 is 11.6 Å². The molecule has 0 fully saturated rings. The van der Waals surface area contributed by atoms with Gasteiger partial charge in [0.1, 0.15) is 0 Å². The van der Waals surface area contributed by atoms with Crippen molar-refractivity contribution in [3.8, 4) is 0 Å². The molecule has 0 atom stereocenters. The molecule has 0 radical (unpaired) electrons. The second-order valence-corrected chi connectivity index (χ2v) is 4.26. The van der Waals surface area contributed by atoms with E-state index in [2.05, 4.69) is 10.3 Å². The molecule has 92 valence electrons. The highest BCUT2D eigenvalue weighted by atomic mass is 35.5. The van der Waals surface area contributed by atoms with Crippen molar-refractivity contribution in [2.45, 2.75) is 6.92 Å². The summed E-state index contributed by atoms with van der Waals surface area (Å²) in [6.45, 7) is 1.82. The van der Waals surface area contributed by atoms with Gasteiger partial charge in [0, 0.05) is 16.9 Å². The van der Waals surface area contributed by atoms with Crippen LogP contribution in [0.15, 0.2) is 36.5 Å². The normalized spacial score (nSPS) is 10.1. The molecule has 0 bridgehead atoms.